The summed E-state index contributed by atoms with van der Waals surface area (Å²) in [6.45, 7) is 2.10. The van der Waals surface area contributed by atoms with E-state index in [9.17, 15) is 4.79 Å². The highest BCUT2D eigenvalue weighted by atomic mass is 32.1. The second-order valence-electron chi connectivity index (χ2n) is 8.85. The summed E-state index contributed by atoms with van der Waals surface area (Å²) in [4.78, 5) is 15.0. The molecule has 1 aromatic heterocycles. The minimum absolute atomic E-state index is 0.0349. The fraction of sp³-hybridized carbons (Fsp3) is 0.321. The van der Waals surface area contributed by atoms with Gasteiger partial charge in [0.15, 0.2) is 17.3 Å². The second kappa shape index (κ2) is 9.30. The van der Waals surface area contributed by atoms with Gasteiger partial charge in [0.05, 0.1) is 34.4 Å². The Morgan fingerprint density at radius 1 is 0.886 bits per heavy atom. The van der Waals surface area contributed by atoms with Crippen LogP contribution < -0.4 is 24.3 Å². The van der Waals surface area contributed by atoms with Crippen molar-refractivity contribution in [1.82, 2.24) is 0 Å². The number of Topliss-reactive ketones (excluding diaryl/α,β-unsaturated/α-hetero) is 1. The molecule has 0 saturated heterocycles. The van der Waals surface area contributed by atoms with Crippen LogP contribution >= 0.6 is 11.3 Å². The highest BCUT2D eigenvalue weighted by Crippen LogP contribution is 2.53. The molecule has 1 N–H and O–H groups in total. The van der Waals surface area contributed by atoms with Crippen LogP contribution in [-0.4, -0.2) is 34.2 Å². The molecule has 35 heavy (non-hydrogen) atoms. The number of aryl methyl sites for hydroxylation is 1. The Bertz CT molecular complexity index is 1320. The molecule has 0 spiro atoms. The highest BCUT2D eigenvalue weighted by molar-refractivity contribution is 7.10. The maximum absolute atomic E-state index is 13.8. The summed E-state index contributed by atoms with van der Waals surface area (Å²) in [6.07, 6.45) is 1.15. The molecule has 0 saturated carbocycles. The minimum atomic E-state index is -0.180. The number of benzene rings is 2. The molecule has 2 aromatic carbocycles. The summed E-state index contributed by atoms with van der Waals surface area (Å²) in [6, 6.07) is 11.9. The summed E-state index contributed by atoms with van der Waals surface area (Å²) in [5, 5.41) is 5.67. The molecule has 0 radical (unpaired) electrons. The Balaban J connectivity index is 1.63. The first-order valence-corrected chi connectivity index (χ1v) is 12.4. The van der Waals surface area contributed by atoms with E-state index >= 15 is 0 Å². The molecule has 1 aliphatic heterocycles. The van der Waals surface area contributed by atoms with E-state index < -0.39 is 0 Å². The average Bonchev–Trinajstić information content (AvgIpc) is 3.31. The van der Waals surface area contributed by atoms with Gasteiger partial charge in [-0.25, -0.2) is 0 Å². The lowest BCUT2D eigenvalue weighted by atomic mass is 9.73. The smallest absolute Gasteiger partial charge is 0.162 e. The van der Waals surface area contributed by atoms with Crippen molar-refractivity contribution < 1.29 is 23.7 Å². The van der Waals surface area contributed by atoms with Crippen LogP contribution in [0.3, 0.4) is 0 Å². The molecular formula is C28H29NO5S. The zero-order chi connectivity index (χ0) is 24.7. The van der Waals surface area contributed by atoms with Gasteiger partial charge in [-0.05, 0) is 54.0 Å². The van der Waals surface area contributed by atoms with E-state index in [1.807, 2.05) is 30.3 Å². The molecular weight excluding hydrogens is 462 g/mol. The van der Waals surface area contributed by atoms with Gasteiger partial charge in [0, 0.05) is 46.0 Å². The fourth-order valence-corrected chi connectivity index (χ4v) is 6.31. The number of thiophene rings is 1. The second-order valence-corrected chi connectivity index (χ2v) is 9.80. The lowest BCUT2D eigenvalue weighted by molar-refractivity contribution is -0.116. The number of carbonyl (C=O) groups excluding carboxylic acids is 1. The van der Waals surface area contributed by atoms with Crippen LogP contribution in [0.2, 0.25) is 0 Å². The van der Waals surface area contributed by atoms with Crippen molar-refractivity contribution in [2.75, 3.05) is 33.8 Å². The van der Waals surface area contributed by atoms with E-state index in [4.69, 9.17) is 18.9 Å². The molecule has 2 atom stereocenters. The zero-order valence-electron chi connectivity index (χ0n) is 20.6. The van der Waals surface area contributed by atoms with Gasteiger partial charge >= 0.3 is 0 Å². The summed E-state index contributed by atoms with van der Waals surface area (Å²) in [5.74, 6) is 2.77. The molecule has 2 unspecified atom stereocenters. The van der Waals surface area contributed by atoms with E-state index in [-0.39, 0.29) is 17.6 Å². The number of methoxy groups -OCH3 is 4. The highest BCUT2D eigenvalue weighted by Gasteiger charge is 2.41. The van der Waals surface area contributed by atoms with Crippen molar-refractivity contribution in [3.8, 4) is 23.0 Å². The number of hydrogen-bond acceptors (Lipinski definition) is 7. The lowest BCUT2D eigenvalue weighted by Crippen LogP contribution is -2.30. The summed E-state index contributed by atoms with van der Waals surface area (Å²) >= 11 is 1.68. The quantitative estimate of drug-likeness (QED) is 0.453. The molecule has 182 valence electrons. The summed E-state index contributed by atoms with van der Waals surface area (Å²) in [5.41, 5.74) is 5.92. The number of hydrogen-bond donors (Lipinski definition) is 1. The van der Waals surface area contributed by atoms with Gasteiger partial charge in [-0.15, -0.1) is 11.3 Å². The SMILES string of the molecule is COc1cc2c(c(OC)c1)C(c1sccc1C)C1=C(CC(c3ccc(OC)c(OC)c3)CC1=O)N2. The minimum Gasteiger partial charge on any atom is -0.497 e. The molecule has 2 heterocycles. The Labute approximate surface area is 209 Å². The topological polar surface area (TPSA) is 66.0 Å². The van der Waals surface area contributed by atoms with Crippen molar-refractivity contribution in [1.29, 1.82) is 0 Å². The zero-order valence-corrected chi connectivity index (χ0v) is 21.4. The molecule has 7 heteroatoms. The number of fused-ring (bicyclic) bond motifs is 1. The van der Waals surface area contributed by atoms with Gasteiger partial charge in [0.1, 0.15) is 11.5 Å². The average molecular weight is 492 g/mol. The molecule has 0 bridgehead atoms. The Morgan fingerprint density at radius 2 is 1.66 bits per heavy atom. The Morgan fingerprint density at radius 3 is 2.31 bits per heavy atom. The van der Waals surface area contributed by atoms with E-state index in [1.165, 1.54) is 10.4 Å². The van der Waals surface area contributed by atoms with Gasteiger partial charge < -0.3 is 24.3 Å². The van der Waals surface area contributed by atoms with Crippen molar-refractivity contribution in [3.63, 3.8) is 0 Å². The molecule has 2 aliphatic rings. The maximum atomic E-state index is 13.8. The van der Waals surface area contributed by atoms with Crippen molar-refractivity contribution in [2.24, 2.45) is 0 Å². The van der Waals surface area contributed by atoms with Crippen molar-refractivity contribution in [2.45, 2.75) is 31.6 Å². The van der Waals surface area contributed by atoms with Crippen LogP contribution in [0.15, 0.2) is 53.0 Å². The fourth-order valence-electron chi connectivity index (χ4n) is 5.27. The largest absolute Gasteiger partial charge is 0.497 e. The molecule has 5 rings (SSSR count). The van der Waals surface area contributed by atoms with Crippen LogP contribution in [0.4, 0.5) is 5.69 Å². The first-order chi connectivity index (χ1) is 17.0. The van der Waals surface area contributed by atoms with E-state index in [1.54, 1.807) is 39.8 Å². The van der Waals surface area contributed by atoms with Crippen LogP contribution in [0.1, 0.15) is 46.2 Å². The third kappa shape index (κ3) is 3.93. The number of allylic oxidation sites excluding steroid dienone is 2. The Kier molecular flexibility index (Phi) is 6.19. The third-order valence-electron chi connectivity index (χ3n) is 6.98. The normalized spacial score (nSPS) is 18.9. The van der Waals surface area contributed by atoms with Crippen molar-refractivity contribution in [3.05, 3.63) is 74.6 Å². The number of ether oxygens (including phenoxy) is 4. The van der Waals surface area contributed by atoms with Gasteiger partial charge in [0.2, 0.25) is 0 Å². The summed E-state index contributed by atoms with van der Waals surface area (Å²) < 4.78 is 22.3. The number of anilines is 1. The van der Waals surface area contributed by atoms with Crippen LogP contribution in [0.25, 0.3) is 0 Å². The van der Waals surface area contributed by atoms with E-state index in [2.05, 4.69) is 23.7 Å². The number of nitrogens with one attached hydrogen (secondary N) is 1. The van der Waals surface area contributed by atoms with Gasteiger partial charge in [-0.3, -0.25) is 4.79 Å². The molecule has 0 amide bonds. The van der Waals surface area contributed by atoms with E-state index in [0.29, 0.717) is 29.4 Å². The first-order valence-electron chi connectivity index (χ1n) is 11.5. The van der Waals surface area contributed by atoms with Crippen LogP contribution in [0.5, 0.6) is 23.0 Å². The third-order valence-corrected chi connectivity index (χ3v) is 8.07. The predicted octanol–water partition coefficient (Wildman–Crippen LogP) is 6.05. The lowest BCUT2D eigenvalue weighted by Gasteiger charge is -2.37. The van der Waals surface area contributed by atoms with Crippen LogP contribution in [0, 0.1) is 6.92 Å². The number of ketones is 1. The number of rotatable bonds is 6. The Hall–Kier alpha value is -3.45. The monoisotopic (exact) mass is 491 g/mol. The van der Waals surface area contributed by atoms with Crippen LogP contribution in [-0.2, 0) is 4.79 Å². The molecule has 0 fully saturated rings. The molecule has 1 aliphatic carbocycles. The van der Waals surface area contributed by atoms with Gasteiger partial charge in [-0.2, -0.15) is 0 Å². The molecule has 3 aromatic rings. The standard InChI is InChI=1S/C28H29NO5S/c1-15-8-9-35-28(15)27-25-19(29-20-13-18(31-2)14-24(34-5)26(20)27)10-17(11-21(25)30)16-6-7-22(32-3)23(12-16)33-4/h6-9,12-14,17,27,29H,10-11H2,1-5H3. The van der Waals surface area contributed by atoms with Crippen molar-refractivity contribution >= 4 is 22.8 Å². The maximum Gasteiger partial charge on any atom is 0.162 e. The molecule has 6 nitrogen and oxygen atoms in total. The van der Waals surface area contributed by atoms with Gasteiger partial charge in [0.25, 0.3) is 0 Å². The van der Waals surface area contributed by atoms with Gasteiger partial charge in [-0.1, -0.05) is 6.07 Å². The summed E-state index contributed by atoms with van der Waals surface area (Å²) in [7, 11) is 6.56. The number of carbonyl (C=O) groups is 1. The first kappa shape index (κ1) is 23.3. The predicted molar refractivity (Wildman–Crippen MR) is 138 cm³/mol. The van der Waals surface area contributed by atoms with E-state index in [0.717, 1.165) is 34.5 Å².